The van der Waals surface area contributed by atoms with E-state index in [9.17, 15) is 18.3 Å². The normalized spacial score (nSPS) is 34.0. The summed E-state index contributed by atoms with van der Waals surface area (Å²) >= 11 is 7.27. The number of carbonyl (C=O) groups excluding carboxylic acids is 1. The van der Waals surface area contributed by atoms with Gasteiger partial charge in [0.25, 0.3) is 0 Å². The molecule has 4 fully saturated rings. The zero-order chi connectivity index (χ0) is 18.7. The minimum absolute atomic E-state index is 0.0166. The van der Waals surface area contributed by atoms with Crippen molar-refractivity contribution in [1.82, 2.24) is 0 Å². The summed E-state index contributed by atoms with van der Waals surface area (Å²) < 4.78 is 23.4. The molecule has 1 atom stereocenters. The Labute approximate surface area is 163 Å². The smallest absolute Gasteiger partial charge is 0.231 e. The third-order valence-electron chi connectivity index (χ3n) is 6.30. The number of hydrogen-bond acceptors (Lipinski definition) is 5. The summed E-state index contributed by atoms with van der Waals surface area (Å²) in [6, 6.07) is 1.55. The molecule has 0 spiro atoms. The van der Waals surface area contributed by atoms with Gasteiger partial charge in [0.1, 0.15) is 14.8 Å². The van der Waals surface area contributed by atoms with Crippen LogP contribution in [-0.2, 0) is 14.6 Å². The number of rotatable bonds is 5. The van der Waals surface area contributed by atoms with Crippen molar-refractivity contribution in [1.29, 1.82) is 0 Å². The van der Waals surface area contributed by atoms with Gasteiger partial charge >= 0.3 is 0 Å². The molecule has 1 heterocycles. The van der Waals surface area contributed by atoms with Crippen LogP contribution in [0.25, 0.3) is 0 Å². The summed E-state index contributed by atoms with van der Waals surface area (Å²) in [6.45, 7) is 0. The number of halogens is 1. The molecule has 1 aromatic rings. The van der Waals surface area contributed by atoms with Crippen molar-refractivity contribution < 1.29 is 18.3 Å². The van der Waals surface area contributed by atoms with Crippen molar-refractivity contribution in [2.24, 2.45) is 23.2 Å². The number of anilines is 1. The quantitative estimate of drug-likeness (QED) is 0.766. The molecule has 0 aliphatic heterocycles. The molecule has 1 aromatic heterocycles. The summed E-state index contributed by atoms with van der Waals surface area (Å²) in [6.07, 6.45) is 6.51. The van der Waals surface area contributed by atoms with Gasteiger partial charge in [-0.15, -0.1) is 11.3 Å². The predicted octanol–water partition coefficient (Wildman–Crippen LogP) is 3.63. The highest BCUT2D eigenvalue weighted by Crippen LogP contribution is 2.60. The second kappa shape index (κ2) is 6.47. The fourth-order valence-corrected chi connectivity index (χ4v) is 7.66. The van der Waals surface area contributed by atoms with Gasteiger partial charge in [0.2, 0.25) is 5.91 Å². The fraction of sp³-hybridized carbons (Fsp3) is 0.722. The van der Waals surface area contributed by atoms with Crippen molar-refractivity contribution in [3.05, 3.63) is 16.0 Å². The molecule has 0 aromatic carbocycles. The second-order valence-electron chi connectivity index (χ2n) is 8.60. The number of thiophene rings is 1. The molecule has 5 nitrogen and oxygen atoms in total. The number of amides is 1. The predicted molar refractivity (Wildman–Crippen MR) is 103 cm³/mol. The molecular formula is C18H24ClNO4S2. The van der Waals surface area contributed by atoms with Crippen LogP contribution in [0.3, 0.4) is 0 Å². The van der Waals surface area contributed by atoms with Gasteiger partial charge in [-0.05, 0) is 62.3 Å². The molecule has 5 rings (SSSR count). The van der Waals surface area contributed by atoms with Crippen molar-refractivity contribution in [3.8, 4) is 0 Å². The van der Waals surface area contributed by atoms with Gasteiger partial charge in [-0.1, -0.05) is 11.6 Å². The maximum absolute atomic E-state index is 13.2. The summed E-state index contributed by atoms with van der Waals surface area (Å²) in [5.74, 6) is 1.61. The van der Waals surface area contributed by atoms with Crippen LogP contribution in [0.4, 0.5) is 5.00 Å². The maximum atomic E-state index is 13.2. The van der Waals surface area contributed by atoms with Gasteiger partial charge in [0.15, 0.2) is 0 Å². The zero-order valence-corrected chi connectivity index (χ0v) is 17.1. The van der Waals surface area contributed by atoms with E-state index in [1.54, 1.807) is 6.07 Å². The molecule has 8 heteroatoms. The van der Waals surface area contributed by atoms with E-state index in [0.717, 1.165) is 25.5 Å². The van der Waals surface area contributed by atoms with Crippen LogP contribution in [0.15, 0.2) is 6.07 Å². The molecule has 0 saturated heterocycles. The number of hydrogen-bond donors (Lipinski definition) is 2. The molecule has 1 amide bonds. The second-order valence-corrected chi connectivity index (χ2v) is 12.5. The summed E-state index contributed by atoms with van der Waals surface area (Å²) in [5, 5.41) is 13.8. The Balaban J connectivity index is 1.55. The summed E-state index contributed by atoms with van der Waals surface area (Å²) in [7, 11) is -3.35. The topological polar surface area (TPSA) is 83.5 Å². The Morgan fingerprint density at radius 3 is 2.35 bits per heavy atom. The monoisotopic (exact) mass is 417 g/mol. The number of carbonyl (C=O) groups is 1. The molecule has 0 radical (unpaired) electrons. The minimum atomic E-state index is -3.35. The van der Waals surface area contributed by atoms with Crippen LogP contribution >= 0.6 is 22.9 Å². The van der Waals surface area contributed by atoms with Gasteiger partial charge < -0.3 is 10.4 Å². The Bertz CT molecular complexity index is 797. The van der Waals surface area contributed by atoms with Crippen molar-refractivity contribution in [2.45, 2.75) is 44.6 Å². The fourth-order valence-electron chi connectivity index (χ4n) is 5.72. The first-order valence-electron chi connectivity index (χ1n) is 9.10. The van der Waals surface area contributed by atoms with Gasteiger partial charge in [0.05, 0.1) is 21.6 Å². The van der Waals surface area contributed by atoms with Crippen LogP contribution in [-0.4, -0.2) is 31.4 Å². The average Bonchev–Trinajstić information content (AvgIpc) is 2.85. The SMILES string of the molecule is CS(=O)(=O)CC(O)c1cc(Cl)sc1NC(=O)C12CC3CC(CC(C3)C1)C2. The standard InChI is InChI=1S/C18H24ClNO4S2/c1-26(23,24)9-14(21)13-5-15(19)25-16(13)20-17(22)18-6-10-2-11(7-18)4-12(3-10)8-18/h5,10-12,14,21H,2-4,6-9H2,1H3,(H,20,22). The molecule has 4 aliphatic rings. The van der Waals surface area contributed by atoms with E-state index in [2.05, 4.69) is 5.32 Å². The van der Waals surface area contributed by atoms with E-state index in [1.807, 2.05) is 0 Å². The lowest BCUT2D eigenvalue weighted by Crippen LogP contribution is -2.51. The van der Waals surface area contributed by atoms with Crippen molar-refractivity contribution in [2.75, 3.05) is 17.3 Å². The van der Waals surface area contributed by atoms with E-state index in [0.29, 0.717) is 32.7 Å². The lowest BCUT2D eigenvalue weighted by Gasteiger charge is -2.55. The number of aliphatic hydroxyl groups excluding tert-OH is 1. The first-order valence-corrected chi connectivity index (χ1v) is 12.4. The zero-order valence-electron chi connectivity index (χ0n) is 14.7. The van der Waals surface area contributed by atoms with Crippen LogP contribution < -0.4 is 5.32 Å². The Kier molecular flexibility index (Phi) is 4.66. The van der Waals surface area contributed by atoms with E-state index in [-0.39, 0.29) is 17.1 Å². The first kappa shape index (κ1) is 18.7. The van der Waals surface area contributed by atoms with Gasteiger partial charge in [-0.2, -0.15) is 0 Å². The highest BCUT2D eigenvalue weighted by Gasteiger charge is 2.54. The highest BCUT2D eigenvalue weighted by molar-refractivity contribution is 7.90. The van der Waals surface area contributed by atoms with E-state index >= 15 is 0 Å². The van der Waals surface area contributed by atoms with E-state index < -0.39 is 15.9 Å². The largest absolute Gasteiger partial charge is 0.387 e. The summed E-state index contributed by atoms with van der Waals surface area (Å²) in [4.78, 5) is 13.2. The number of aliphatic hydroxyl groups is 1. The number of sulfone groups is 1. The van der Waals surface area contributed by atoms with Crippen LogP contribution in [0.1, 0.15) is 50.2 Å². The van der Waals surface area contributed by atoms with Crippen molar-refractivity contribution >= 4 is 43.7 Å². The molecule has 144 valence electrons. The van der Waals surface area contributed by atoms with Crippen LogP contribution in [0.5, 0.6) is 0 Å². The third kappa shape index (κ3) is 3.55. The van der Waals surface area contributed by atoms with Crippen LogP contribution in [0.2, 0.25) is 4.34 Å². The van der Waals surface area contributed by atoms with E-state index in [1.165, 1.54) is 30.6 Å². The third-order valence-corrected chi connectivity index (χ3v) is 8.41. The molecule has 4 saturated carbocycles. The minimum Gasteiger partial charge on any atom is -0.387 e. The van der Waals surface area contributed by atoms with Gasteiger partial charge in [-0.25, -0.2) is 8.42 Å². The lowest BCUT2D eigenvalue weighted by atomic mass is 9.49. The average molecular weight is 418 g/mol. The molecule has 2 N–H and O–H groups in total. The summed E-state index contributed by atoms with van der Waals surface area (Å²) in [5.41, 5.74) is 0.0908. The lowest BCUT2D eigenvalue weighted by molar-refractivity contribution is -0.140. The van der Waals surface area contributed by atoms with Crippen molar-refractivity contribution in [3.63, 3.8) is 0 Å². The molecule has 4 bridgehead atoms. The molecule has 26 heavy (non-hydrogen) atoms. The molecular weight excluding hydrogens is 394 g/mol. The van der Waals surface area contributed by atoms with Crippen LogP contribution in [0, 0.1) is 23.2 Å². The maximum Gasteiger partial charge on any atom is 0.231 e. The Morgan fingerprint density at radius 1 is 1.31 bits per heavy atom. The van der Waals surface area contributed by atoms with Gasteiger partial charge in [0, 0.05) is 11.8 Å². The first-order chi connectivity index (χ1) is 12.1. The molecule has 4 aliphatic carbocycles. The Hall–Kier alpha value is -0.630. The van der Waals surface area contributed by atoms with E-state index in [4.69, 9.17) is 11.6 Å². The Morgan fingerprint density at radius 2 is 1.85 bits per heavy atom. The number of nitrogens with one attached hydrogen (secondary N) is 1. The highest BCUT2D eigenvalue weighted by atomic mass is 35.5. The van der Waals surface area contributed by atoms with Gasteiger partial charge in [-0.3, -0.25) is 4.79 Å². The molecule has 1 unspecified atom stereocenters.